The largest absolute Gasteiger partial charge is 0.480 e. The molecule has 1 aliphatic rings. The molecule has 0 heterocycles. The fourth-order valence-corrected chi connectivity index (χ4v) is 3.04. The first kappa shape index (κ1) is 15.3. The van der Waals surface area contributed by atoms with Crippen LogP contribution in [0.3, 0.4) is 0 Å². The summed E-state index contributed by atoms with van der Waals surface area (Å²) >= 11 is 0. The average Bonchev–Trinajstić information content (AvgIpc) is 2.35. The first-order valence-electron chi connectivity index (χ1n) is 6.03. The number of nitrogens with zero attached hydrogens (tertiary/aromatic N) is 1. The Kier molecular flexibility index (Phi) is 4.30. The van der Waals surface area contributed by atoms with E-state index in [1.807, 2.05) is 20.8 Å². The summed E-state index contributed by atoms with van der Waals surface area (Å²) in [4.78, 5) is 11.8. The van der Waals surface area contributed by atoms with Crippen LogP contribution in [0.15, 0.2) is 0 Å². The van der Waals surface area contributed by atoms with Crippen LogP contribution >= 0.6 is 0 Å². The number of rotatable bonds is 4. The van der Waals surface area contributed by atoms with Crippen molar-refractivity contribution in [3.8, 4) is 0 Å². The minimum absolute atomic E-state index is 0.0214. The molecule has 2 atom stereocenters. The number of halogens is 3. The standard InChI is InChI=1S/C12H20F3NO2/c1-8-4-11(2,3)5-9(8)16(6-10(17)18)7-12(13,14)15/h8-9H,4-7H2,1-3H3,(H,17,18). The minimum Gasteiger partial charge on any atom is -0.480 e. The zero-order valence-corrected chi connectivity index (χ0v) is 10.9. The second-order valence-electron chi connectivity index (χ2n) is 6.03. The van der Waals surface area contributed by atoms with E-state index in [1.54, 1.807) is 0 Å². The van der Waals surface area contributed by atoms with E-state index in [0.29, 0.717) is 6.42 Å². The number of aliphatic carboxylic acids is 1. The Labute approximate surface area is 105 Å². The van der Waals surface area contributed by atoms with E-state index in [-0.39, 0.29) is 17.4 Å². The van der Waals surface area contributed by atoms with Gasteiger partial charge in [0.25, 0.3) is 0 Å². The van der Waals surface area contributed by atoms with Crippen LogP contribution in [0.2, 0.25) is 0 Å². The maximum Gasteiger partial charge on any atom is 0.401 e. The summed E-state index contributed by atoms with van der Waals surface area (Å²) in [5.41, 5.74) is -0.0214. The van der Waals surface area contributed by atoms with Crippen molar-refractivity contribution in [1.29, 1.82) is 0 Å². The molecule has 2 unspecified atom stereocenters. The van der Waals surface area contributed by atoms with Crippen LogP contribution in [-0.2, 0) is 4.79 Å². The van der Waals surface area contributed by atoms with E-state index in [2.05, 4.69) is 0 Å². The zero-order valence-electron chi connectivity index (χ0n) is 10.9. The molecule has 0 aromatic carbocycles. The molecule has 0 spiro atoms. The van der Waals surface area contributed by atoms with E-state index in [0.717, 1.165) is 11.3 Å². The van der Waals surface area contributed by atoms with Gasteiger partial charge in [-0.3, -0.25) is 9.69 Å². The molecule has 1 aliphatic carbocycles. The number of carboxylic acid groups (broad SMARTS) is 1. The number of carbonyl (C=O) groups is 1. The highest BCUT2D eigenvalue weighted by Gasteiger charge is 2.43. The molecule has 0 aromatic rings. The molecule has 0 radical (unpaired) electrons. The Balaban J connectivity index is 2.80. The average molecular weight is 267 g/mol. The van der Waals surface area contributed by atoms with E-state index in [4.69, 9.17) is 5.11 Å². The van der Waals surface area contributed by atoms with E-state index in [1.165, 1.54) is 0 Å². The molecule has 1 saturated carbocycles. The highest BCUT2D eigenvalue weighted by molar-refractivity contribution is 5.69. The van der Waals surface area contributed by atoms with Crippen LogP contribution in [0.1, 0.15) is 33.6 Å². The summed E-state index contributed by atoms with van der Waals surface area (Å²) < 4.78 is 37.5. The normalized spacial score (nSPS) is 27.7. The Hall–Kier alpha value is -0.780. The van der Waals surface area contributed by atoms with Crippen LogP contribution in [0.5, 0.6) is 0 Å². The molecule has 1 fully saturated rings. The first-order chi connectivity index (χ1) is 8.00. The van der Waals surface area contributed by atoms with Gasteiger partial charge in [0.2, 0.25) is 0 Å². The predicted molar refractivity (Wildman–Crippen MR) is 61.2 cm³/mol. The Morgan fingerprint density at radius 1 is 1.39 bits per heavy atom. The van der Waals surface area contributed by atoms with Crippen LogP contribution in [-0.4, -0.2) is 41.3 Å². The zero-order chi connectivity index (χ0) is 14.1. The van der Waals surface area contributed by atoms with Gasteiger partial charge in [0.1, 0.15) is 0 Å². The lowest BCUT2D eigenvalue weighted by atomic mass is 9.91. The van der Waals surface area contributed by atoms with Gasteiger partial charge in [-0.1, -0.05) is 20.8 Å². The lowest BCUT2D eigenvalue weighted by molar-refractivity contribution is -0.159. The maximum absolute atomic E-state index is 12.5. The van der Waals surface area contributed by atoms with Crippen molar-refractivity contribution in [2.24, 2.45) is 11.3 Å². The molecule has 0 aromatic heterocycles. The van der Waals surface area contributed by atoms with Crippen molar-refractivity contribution in [3.05, 3.63) is 0 Å². The number of alkyl halides is 3. The van der Waals surface area contributed by atoms with E-state index < -0.39 is 25.2 Å². The molecule has 0 amide bonds. The number of hydrogen-bond donors (Lipinski definition) is 1. The lowest BCUT2D eigenvalue weighted by Crippen LogP contribution is -2.45. The van der Waals surface area contributed by atoms with Gasteiger partial charge in [-0.2, -0.15) is 13.2 Å². The minimum atomic E-state index is -4.36. The van der Waals surface area contributed by atoms with Crippen molar-refractivity contribution in [2.75, 3.05) is 13.1 Å². The maximum atomic E-state index is 12.5. The molecule has 1 rings (SSSR count). The molecule has 1 N–H and O–H groups in total. The lowest BCUT2D eigenvalue weighted by Gasteiger charge is -2.31. The summed E-state index contributed by atoms with van der Waals surface area (Å²) in [5, 5.41) is 8.75. The Bertz CT molecular complexity index is 315. The van der Waals surface area contributed by atoms with Crippen LogP contribution < -0.4 is 0 Å². The van der Waals surface area contributed by atoms with Gasteiger partial charge in [0, 0.05) is 6.04 Å². The highest BCUT2D eigenvalue weighted by Crippen LogP contribution is 2.43. The molecule has 18 heavy (non-hydrogen) atoms. The third-order valence-electron chi connectivity index (χ3n) is 3.48. The first-order valence-corrected chi connectivity index (χ1v) is 6.03. The molecular weight excluding hydrogens is 247 g/mol. The van der Waals surface area contributed by atoms with Crippen LogP contribution in [0, 0.1) is 11.3 Å². The van der Waals surface area contributed by atoms with Crippen LogP contribution in [0.4, 0.5) is 13.2 Å². The van der Waals surface area contributed by atoms with Crippen molar-refractivity contribution in [1.82, 2.24) is 4.90 Å². The number of carboxylic acids is 1. The van der Waals surface area contributed by atoms with Gasteiger partial charge in [-0.05, 0) is 24.2 Å². The quantitative estimate of drug-likeness (QED) is 0.851. The fourth-order valence-electron chi connectivity index (χ4n) is 3.04. The summed E-state index contributed by atoms with van der Waals surface area (Å²) in [5.74, 6) is -1.13. The van der Waals surface area contributed by atoms with Gasteiger partial charge < -0.3 is 5.11 Å². The van der Waals surface area contributed by atoms with Gasteiger partial charge in [0.15, 0.2) is 0 Å². The summed E-state index contributed by atoms with van der Waals surface area (Å²) in [7, 11) is 0. The third-order valence-corrected chi connectivity index (χ3v) is 3.48. The SMILES string of the molecule is CC1CC(C)(C)CC1N(CC(=O)O)CC(F)(F)F. The van der Waals surface area contributed by atoms with Crippen molar-refractivity contribution >= 4 is 5.97 Å². The van der Waals surface area contributed by atoms with E-state index >= 15 is 0 Å². The topological polar surface area (TPSA) is 40.5 Å². The number of hydrogen-bond acceptors (Lipinski definition) is 2. The van der Waals surface area contributed by atoms with Crippen LogP contribution in [0.25, 0.3) is 0 Å². The Morgan fingerprint density at radius 2 is 1.94 bits per heavy atom. The second kappa shape index (κ2) is 5.07. The molecule has 3 nitrogen and oxygen atoms in total. The van der Waals surface area contributed by atoms with Gasteiger partial charge in [-0.25, -0.2) is 0 Å². The molecule has 0 bridgehead atoms. The fraction of sp³-hybridized carbons (Fsp3) is 0.917. The monoisotopic (exact) mass is 267 g/mol. The predicted octanol–water partition coefficient (Wildman–Crippen LogP) is 2.76. The molecule has 0 saturated heterocycles. The van der Waals surface area contributed by atoms with Gasteiger partial charge in [-0.15, -0.1) is 0 Å². The van der Waals surface area contributed by atoms with Gasteiger partial charge >= 0.3 is 12.1 Å². The molecular formula is C12H20F3NO2. The van der Waals surface area contributed by atoms with E-state index in [9.17, 15) is 18.0 Å². The molecule has 0 aliphatic heterocycles. The van der Waals surface area contributed by atoms with Crippen molar-refractivity contribution in [3.63, 3.8) is 0 Å². The molecule has 106 valence electrons. The summed E-state index contributed by atoms with van der Waals surface area (Å²) in [6.45, 7) is 4.21. The summed E-state index contributed by atoms with van der Waals surface area (Å²) in [6.07, 6.45) is -2.93. The van der Waals surface area contributed by atoms with Gasteiger partial charge in [0.05, 0.1) is 13.1 Å². The highest BCUT2D eigenvalue weighted by atomic mass is 19.4. The second-order valence-corrected chi connectivity index (χ2v) is 6.03. The smallest absolute Gasteiger partial charge is 0.401 e. The Morgan fingerprint density at radius 3 is 2.28 bits per heavy atom. The molecule has 6 heteroatoms. The van der Waals surface area contributed by atoms with Crippen molar-refractivity contribution in [2.45, 2.75) is 45.8 Å². The summed E-state index contributed by atoms with van der Waals surface area (Å²) in [6, 6.07) is -0.308. The van der Waals surface area contributed by atoms with Crippen molar-refractivity contribution < 1.29 is 23.1 Å². The third kappa shape index (κ3) is 4.48.